The van der Waals surface area contributed by atoms with E-state index in [1.54, 1.807) is 27.7 Å². The second-order valence-corrected chi connectivity index (χ2v) is 5.37. The van der Waals surface area contributed by atoms with E-state index in [0.29, 0.717) is 6.42 Å². The molecule has 0 radical (unpaired) electrons. The molecule has 0 bridgehead atoms. The zero-order valence-corrected chi connectivity index (χ0v) is 12.5. The van der Waals surface area contributed by atoms with Crippen LogP contribution in [0.15, 0.2) is 0 Å². The van der Waals surface area contributed by atoms with Gasteiger partial charge in [-0.1, -0.05) is 27.2 Å². The maximum Gasteiger partial charge on any atom is 0.257 e. The molecule has 0 aromatic heterocycles. The first-order valence-electron chi connectivity index (χ1n) is 6.87. The van der Waals surface area contributed by atoms with Crippen molar-refractivity contribution in [3.8, 4) is 0 Å². The predicted octanol–water partition coefficient (Wildman–Crippen LogP) is 3.97. The van der Waals surface area contributed by atoms with Gasteiger partial charge in [-0.2, -0.15) is 0 Å². The number of benzene rings is 1. The average molecular weight is 305 g/mol. The minimum Gasteiger partial charge on any atom is -0.349 e. The fourth-order valence-electron chi connectivity index (χ4n) is 1.79. The highest BCUT2D eigenvalue weighted by molar-refractivity contribution is 5.95. The molecule has 1 aromatic carbocycles. The summed E-state index contributed by atoms with van der Waals surface area (Å²) in [6.07, 6.45) is 0.179. The molecule has 6 heteroatoms. The Morgan fingerprint density at radius 1 is 1.00 bits per heavy atom. The lowest BCUT2D eigenvalue weighted by molar-refractivity contribution is 0.0919. The molecular weight excluding hydrogens is 286 g/mol. The molecule has 0 spiro atoms. The first kappa shape index (κ1) is 17.5. The normalized spacial score (nSPS) is 12.6. The van der Waals surface area contributed by atoms with Crippen molar-refractivity contribution in [3.63, 3.8) is 0 Å². The largest absolute Gasteiger partial charge is 0.349 e. The van der Waals surface area contributed by atoms with E-state index in [-0.39, 0.29) is 12.3 Å². The van der Waals surface area contributed by atoms with Crippen LogP contribution in [-0.4, -0.2) is 11.9 Å². The second kappa shape index (κ2) is 6.91. The summed E-state index contributed by atoms with van der Waals surface area (Å²) in [4.78, 5) is 11.9. The number of nitrogens with one attached hydrogen (secondary N) is 1. The van der Waals surface area contributed by atoms with Crippen LogP contribution in [0.3, 0.4) is 0 Å². The maximum atomic E-state index is 13.9. The highest BCUT2D eigenvalue weighted by Crippen LogP contribution is 2.25. The highest BCUT2D eigenvalue weighted by atomic mass is 19.2. The molecule has 0 aliphatic rings. The van der Waals surface area contributed by atoms with Crippen LogP contribution in [0, 0.1) is 29.2 Å². The molecule has 0 fully saturated rings. The van der Waals surface area contributed by atoms with Gasteiger partial charge in [0.15, 0.2) is 23.3 Å². The Bertz CT molecular complexity index is 514. The molecular formula is C15H19F4NO. The zero-order chi connectivity index (χ0) is 16.3. The summed E-state index contributed by atoms with van der Waals surface area (Å²) < 4.78 is 55.3. The minimum atomic E-state index is -1.65. The molecule has 0 saturated heterocycles. The van der Waals surface area contributed by atoms with Crippen molar-refractivity contribution in [1.29, 1.82) is 0 Å². The third-order valence-electron chi connectivity index (χ3n) is 3.44. The monoisotopic (exact) mass is 305 g/mol. The van der Waals surface area contributed by atoms with Gasteiger partial charge >= 0.3 is 0 Å². The van der Waals surface area contributed by atoms with E-state index in [4.69, 9.17) is 0 Å². The van der Waals surface area contributed by atoms with Crippen molar-refractivity contribution in [3.05, 3.63) is 34.4 Å². The lowest BCUT2D eigenvalue weighted by Gasteiger charge is -2.18. The van der Waals surface area contributed by atoms with Crippen LogP contribution in [0.25, 0.3) is 0 Å². The molecule has 0 unspecified atom stereocenters. The molecule has 0 aliphatic carbocycles. The lowest BCUT2D eigenvalue weighted by Crippen LogP contribution is -2.37. The Balaban J connectivity index is 3.29. The summed E-state index contributed by atoms with van der Waals surface area (Å²) in [5.74, 6) is -7.45. The summed E-state index contributed by atoms with van der Waals surface area (Å²) in [6, 6.07) is -0.391. The van der Waals surface area contributed by atoms with Crippen molar-refractivity contribution >= 4 is 5.91 Å². The van der Waals surface area contributed by atoms with Crippen molar-refractivity contribution in [1.82, 2.24) is 5.32 Å². The van der Waals surface area contributed by atoms with Crippen LogP contribution in [0.1, 0.15) is 50.0 Å². The Morgan fingerprint density at radius 3 is 1.86 bits per heavy atom. The van der Waals surface area contributed by atoms with Crippen molar-refractivity contribution in [2.75, 3.05) is 0 Å². The van der Waals surface area contributed by atoms with Gasteiger partial charge < -0.3 is 5.32 Å². The van der Waals surface area contributed by atoms with Gasteiger partial charge in [0.25, 0.3) is 5.91 Å². The van der Waals surface area contributed by atoms with E-state index in [0.717, 1.165) is 0 Å². The number of carbonyl (C=O) groups is 1. The van der Waals surface area contributed by atoms with Gasteiger partial charge in [0.05, 0.1) is 0 Å². The number of carbonyl (C=O) groups excluding carboxylic acids is 1. The number of amides is 1. The molecule has 0 heterocycles. The quantitative estimate of drug-likeness (QED) is 0.647. The first-order chi connectivity index (χ1) is 9.72. The molecule has 21 heavy (non-hydrogen) atoms. The van der Waals surface area contributed by atoms with E-state index >= 15 is 0 Å². The number of rotatable bonds is 5. The van der Waals surface area contributed by atoms with Crippen LogP contribution in [0.2, 0.25) is 0 Å². The summed E-state index contributed by atoms with van der Waals surface area (Å²) in [5.41, 5.74) is -1.88. The van der Waals surface area contributed by atoms with E-state index < -0.39 is 46.3 Å². The molecule has 1 atom stereocenters. The molecule has 118 valence electrons. The van der Waals surface area contributed by atoms with Gasteiger partial charge in [0.1, 0.15) is 5.56 Å². The third-order valence-corrected chi connectivity index (χ3v) is 3.44. The minimum absolute atomic E-state index is 0.00845. The van der Waals surface area contributed by atoms with Crippen molar-refractivity contribution < 1.29 is 22.4 Å². The van der Waals surface area contributed by atoms with Crippen LogP contribution in [0.4, 0.5) is 17.6 Å². The number of hydrogen-bond donors (Lipinski definition) is 1. The molecule has 1 amide bonds. The molecule has 0 saturated carbocycles. The van der Waals surface area contributed by atoms with E-state index in [1.807, 2.05) is 0 Å². The number of halogens is 4. The van der Waals surface area contributed by atoms with Gasteiger partial charge in [-0.3, -0.25) is 4.79 Å². The molecule has 2 nitrogen and oxygen atoms in total. The van der Waals surface area contributed by atoms with Gasteiger partial charge in [-0.25, -0.2) is 17.6 Å². The average Bonchev–Trinajstić information content (AvgIpc) is 2.41. The third kappa shape index (κ3) is 3.54. The molecule has 1 aromatic rings. The molecule has 1 N–H and O–H groups in total. The van der Waals surface area contributed by atoms with Crippen molar-refractivity contribution in [2.45, 2.75) is 46.6 Å². The summed E-state index contributed by atoms with van der Waals surface area (Å²) in [6.45, 7) is 6.85. The van der Waals surface area contributed by atoms with Crippen LogP contribution < -0.4 is 5.32 Å². The second-order valence-electron chi connectivity index (χ2n) is 5.37. The molecule has 0 aliphatic heterocycles. The highest BCUT2D eigenvalue weighted by Gasteiger charge is 2.29. The summed E-state index contributed by atoms with van der Waals surface area (Å²) in [5, 5.41) is 2.33. The first-order valence-corrected chi connectivity index (χ1v) is 6.87. The summed E-state index contributed by atoms with van der Waals surface area (Å²) in [7, 11) is 0. The standard InChI is InChI=1S/C15H19F4NO/c1-5-6-9-11(16)13(18)10(14(19)12(9)17)15(21)20-8(4)7(2)3/h7-8H,5-6H2,1-4H3,(H,20,21)/t8-/m0/s1. The van der Waals surface area contributed by atoms with Crippen molar-refractivity contribution in [2.24, 2.45) is 5.92 Å². The Morgan fingerprint density at radius 2 is 1.48 bits per heavy atom. The van der Waals surface area contributed by atoms with Gasteiger partial charge in [-0.15, -0.1) is 0 Å². The Labute approximate surface area is 121 Å². The predicted molar refractivity (Wildman–Crippen MR) is 72.0 cm³/mol. The lowest BCUT2D eigenvalue weighted by atomic mass is 10.0. The van der Waals surface area contributed by atoms with E-state index in [9.17, 15) is 22.4 Å². The smallest absolute Gasteiger partial charge is 0.257 e. The topological polar surface area (TPSA) is 29.1 Å². The SMILES string of the molecule is CCCc1c(F)c(F)c(C(=O)N[C@@H](C)C(C)C)c(F)c1F. The van der Waals surface area contributed by atoms with E-state index in [2.05, 4.69) is 5.32 Å². The molecule has 1 rings (SSSR count). The van der Waals surface area contributed by atoms with Crippen LogP contribution in [-0.2, 0) is 6.42 Å². The fraction of sp³-hybridized carbons (Fsp3) is 0.533. The van der Waals surface area contributed by atoms with Crippen LogP contribution in [0.5, 0.6) is 0 Å². The van der Waals surface area contributed by atoms with Gasteiger partial charge in [0.2, 0.25) is 0 Å². The summed E-state index contributed by atoms with van der Waals surface area (Å²) >= 11 is 0. The Hall–Kier alpha value is -1.59. The van der Waals surface area contributed by atoms with Gasteiger partial charge in [-0.05, 0) is 19.3 Å². The van der Waals surface area contributed by atoms with E-state index in [1.165, 1.54) is 0 Å². The Kier molecular flexibility index (Phi) is 5.75. The number of hydrogen-bond acceptors (Lipinski definition) is 1. The fourth-order valence-corrected chi connectivity index (χ4v) is 1.79. The maximum absolute atomic E-state index is 13.9. The van der Waals surface area contributed by atoms with Gasteiger partial charge in [0, 0.05) is 11.6 Å². The van der Waals surface area contributed by atoms with Crippen LogP contribution >= 0.6 is 0 Å². The zero-order valence-electron chi connectivity index (χ0n) is 12.5.